The van der Waals surface area contributed by atoms with Crippen LogP contribution in [0.2, 0.25) is 10.0 Å². The third-order valence-corrected chi connectivity index (χ3v) is 7.22. The van der Waals surface area contributed by atoms with E-state index in [4.69, 9.17) is 43.1 Å². The highest BCUT2D eigenvalue weighted by molar-refractivity contribution is 7.86. The van der Waals surface area contributed by atoms with Crippen LogP contribution in [0.15, 0.2) is 82.6 Å². The van der Waals surface area contributed by atoms with Crippen LogP contribution in [0, 0.1) is 24.6 Å². The zero-order valence-electron chi connectivity index (χ0n) is 19.8. The number of hydrogen-bond donors (Lipinski definition) is 2. The summed E-state index contributed by atoms with van der Waals surface area (Å²) in [4.78, 5) is 5.28. The van der Waals surface area contributed by atoms with Gasteiger partial charge in [-0.1, -0.05) is 47.5 Å². The maximum Gasteiger partial charge on any atom is 0.388 e. The molecule has 4 rings (SSSR count). The van der Waals surface area contributed by atoms with Crippen LogP contribution in [0.25, 0.3) is 20.7 Å². The molecule has 2 N–H and O–H groups in total. The molecule has 10 nitrogen and oxygen atoms in total. The summed E-state index contributed by atoms with van der Waals surface area (Å²) in [6, 6.07) is 17.7. The lowest BCUT2D eigenvalue weighted by Gasteiger charge is -2.06. The Bertz CT molecular complexity index is 1670. The fourth-order valence-corrected chi connectivity index (χ4v) is 5.03. The van der Waals surface area contributed by atoms with Crippen molar-refractivity contribution in [3.05, 3.63) is 104 Å². The van der Waals surface area contributed by atoms with Gasteiger partial charge in [-0.25, -0.2) is 0 Å². The number of fused-ring (bicyclic) bond motifs is 1. The Kier molecular flexibility index (Phi) is 10.3. The standard InChI is InChI=1S/C10H8O6S2.2C7H6ClN2/c11-17(12,13)9-5-1-3-7-8(9)4-2-6-10(7)18(14,15)16;2*1-5-4-6(8)2-3-7(5)10-9/h1-6H,(H,11,12,13)(H,14,15,16);2*2-4H,1H3/q;2*+1. The average molecular weight is 595 g/mol. The molecule has 14 heteroatoms. The molecule has 0 heterocycles. The van der Waals surface area contributed by atoms with E-state index in [2.05, 4.69) is 9.95 Å². The lowest BCUT2D eigenvalue weighted by atomic mass is 10.1. The van der Waals surface area contributed by atoms with Gasteiger partial charge in [0.1, 0.15) is 9.79 Å². The molecule has 0 amide bonds. The molecule has 0 atom stereocenters. The Morgan fingerprint density at radius 3 is 1.24 bits per heavy atom. The van der Waals surface area contributed by atoms with E-state index in [1.807, 2.05) is 13.8 Å². The van der Waals surface area contributed by atoms with Gasteiger partial charge in [-0.05, 0) is 50.2 Å². The van der Waals surface area contributed by atoms with Crippen LogP contribution >= 0.6 is 23.2 Å². The zero-order valence-corrected chi connectivity index (χ0v) is 23.0. The molecule has 0 aliphatic heterocycles. The van der Waals surface area contributed by atoms with Crippen LogP contribution < -0.4 is 0 Å². The molecule has 0 spiro atoms. The average Bonchev–Trinajstić information content (AvgIpc) is 2.83. The molecule has 4 aromatic rings. The summed E-state index contributed by atoms with van der Waals surface area (Å²) in [6.45, 7) is 3.67. The minimum Gasteiger partial charge on any atom is -0.282 e. The van der Waals surface area contributed by atoms with Crippen LogP contribution in [0.5, 0.6) is 0 Å². The van der Waals surface area contributed by atoms with Gasteiger partial charge in [-0.15, -0.1) is 0 Å². The van der Waals surface area contributed by atoms with Crippen molar-refractivity contribution in [2.75, 3.05) is 0 Å². The molecule has 0 unspecified atom stereocenters. The highest BCUT2D eigenvalue weighted by Crippen LogP contribution is 2.28. The Labute approximate surface area is 229 Å². The Morgan fingerprint density at radius 1 is 0.632 bits per heavy atom. The van der Waals surface area contributed by atoms with Crippen molar-refractivity contribution in [3.63, 3.8) is 0 Å². The second kappa shape index (κ2) is 12.8. The summed E-state index contributed by atoms with van der Waals surface area (Å²) in [6.07, 6.45) is 0. The molecule has 0 saturated carbocycles. The number of nitrogens with zero attached hydrogens (tertiary/aromatic N) is 4. The lowest BCUT2D eigenvalue weighted by molar-refractivity contribution is 0.481. The third-order valence-electron chi connectivity index (χ3n) is 4.93. The SMILES string of the molecule is Cc1cc(Cl)ccc1[N+]#N.Cc1cc(Cl)ccc1[N+]#N.O=S(=O)(O)c1cccc2c(S(=O)(=O)O)cccc12. The van der Waals surface area contributed by atoms with Gasteiger partial charge in [0.05, 0.1) is 0 Å². The Hall–Kier alpha value is -3.62. The summed E-state index contributed by atoms with van der Waals surface area (Å²) in [5, 5.41) is 18.1. The van der Waals surface area contributed by atoms with E-state index in [1.165, 1.54) is 24.3 Å². The number of benzene rings is 4. The van der Waals surface area contributed by atoms with E-state index < -0.39 is 30.0 Å². The predicted octanol–water partition coefficient (Wildman–Crippen LogP) is 7.60. The van der Waals surface area contributed by atoms with Crippen LogP contribution in [0.3, 0.4) is 0 Å². The summed E-state index contributed by atoms with van der Waals surface area (Å²) in [5.74, 6) is 0. The molecular weight excluding hydrogens is 575 g/mol. The van der Waals surface area contributed by atoms with E-state index in [9.17, 15) is 16.8 Å². The molecule has 0 bridgehead atoms. The van der Waals surface area contributed by atoms with Gasteiger partial charge >= 0.3 is 11.4 Å². The minimum absolute atomic E-state index is 0.0233. The number of halogens is 2. The fraction of sp³-hybridized carbons (Fsp3) is 0.0833. The van der Waals surface area contributed by atoms with E-state index >= 15 is 0 Å². The van der Waals surface area contributed by atoms with Gasteiger partial charge in [0, 0.05) is 44.1 Å². The Balaban J connectivity index is 0.000000216. The van der Waals surface area contributed by atoms with Crippen molar-refractivity contribution < 1.29 is 25.9 Å². The molecule has 0 saturated heterocycles. The van der Waals surface area contributed by atoms with Gasteiger partial charge in [0.25, 0.3) is 20.2 Å². The summed E-state index contributed by atoms with van der Waals surface area (Å²) in [7, 11) is -8.94. The second-order valence-corrected chi connectivity index (χ2v) is 11.3. The first-order valence-corrected chi connectivity index (χ1v) is 14.0. The number of hydrogen-bond acceptors (Lipinski definition) is 6. The maximum absolute atomic E-state index is 11.2. The van der Waals surface area contributed by atoms with Gasteiger partial charge in [-0.2, -0.15) is 16.8 Å². The number of aryl methyl sites for hydroxylation is 2. The first-order valence-electron chi connectivity index (χ1n) is 10.4. The van der Waals surface area contributed by atoms with Crippen molar-refractivity contribution in [2.45, 2.75) is 23.6 Å². The topological polar surface area (TPSA) is 165 Å². The molecule has 0 aliphatic carbocycles. The van der Waals surface area contributed by atoms with Crippen molar-refractivity contribution in [3.8, 4) is 0 Å². The zero-order chi connectivity index (χ0) is 28.7. The van der Waals surface area contributed by atoms with Gasteiger partial charge in [0.2, 0.25) is 10.8 Å². The molecule has 4 aromatic carbocycles. The monoisotopic (exact) mass is 594 g/mol. The third kappa shape index (κ3) is 8.19. The summed E-state index contributed by atoms with van der Waals surface area (Å²) in [5.41, 5.74) is 2.86. The maximum atomic E-state index is 11.2. The molecule has 0 fully saturated rings. The lowest BCUT2D eigenvalue weighted by Crippen LogP contribution is -2.02. The van der Waals surface area contributed by atoms with E-state index in [0.717, 1.165) is 23.3 Å². The normalized spacial score (nSPS) is 10.7. The summed E-state index contributed by atoms with van der Waals surface area (Å²) < 4.78 is 62.7. The highest BCUT2D eigenvalue weighted by atomic mass is 35.5. The van der Waals surface area contributed by atoms with Gasteiger partial charge < -0.3 is 0 Å². The first-order chi connectivity index (χ1) is 17.7. The van der Waals surface area contributed by atoms with Crippen molar-refractivity contribution in [1.82, 2.24) is 0 Å². The molecule has 0 aromatic heterocycles. The van der Waals surface area contributed by atoms with Crippen LogP contribution in [-0.2, 0) is 20.2 Å². The van der Waals surface area contributed by atoms with E-state index in [1.54, 1.807) is 36.4 Å². The smallest absolute Gasteiger partial charge is 0.282 e. The second-order valence-electron chi connectivity index (χ2n) is 7.62. The van der Waals surface area contributed by atoms with E-state index in [0.29, 0.717) is 21.4 Å². The molecule has 0 aliphatic rings. The Morgan fingerprint density at radius 2 is 0.974 bits per heavy atom. The quantitative estimate of drug-likeness (QED) is 0.177. The highest BCUT2D eigenvalue weighted by Gasteiger charge is 2.19. The fourth-order valence-electron chi connectivity index (χ4n) is 3.16. The largest absolute Gasteiger partial charge is 0.388 e. The van der Waals surface area contributed by atoms with Crippen LogP contribution in [-0.4, -0.2) is 25.9 Å². The molecule has 0 radical (unpaired) electrons. The molecule has 38 heavy (non-hydrogen) atoms. The van der Waals surface area contributed by atoms with Crippen molar-refractivity contribution in [2.24, 2.45) is 0 Å². The summed E-state index contributed by atoms with van der Waals surface area (Å²) >= 11 is 11.3. The minimum atomic E-state index is -4.47. The molecular formula is C24H20Cl2N4O6S2+2. The predicted molar refractivity (Wildman–Crippen MR) is 145 cm³/mol. The van der Waals surface area contributed by atoms with E-state index in [-0.39, 0.29) is 10.8 Å². The van der Waals surface area contributed by atoms with Gasteiger partial charge in [0.15, 0.2) is 9.95 Å². The molecule has 196 valence electrons. The van der Waals surface area contributed by atoms with Crippen LogP contribution in [0.1, 0.15) is 11.1 Å². The number of diazo groups is 2. The van der Waals surface area contributed by atoms with Crippen molar-refractivity contribution >= 4 is 65.6 Å². The van der Waals surface area contributed by atoms with Crippen LogP contribution in [0.4, 0.5) is 11.4 Å². The van der Waals surface area contributed by atoms with Crippen molar-refractivity contribution in [1.29, 1.82) is 10.8 Å². The van der Waals surface area contributed by atoms with Gasteiger partial charge in [-0.3, -0.25) is 9.11 Å². The first kappa shape index (κ1) is 30.6. The number of rotatable bonds is 2.